The van der Waals surface area contributed by atoms with Crippen molar-refractivity contribution >= 4 is 21.8 Å². The van der Waals surface area contributed by atoms with Gasteiger partial charge in [-0.1, -0.05) is 0 Å². The van der Waals surface area contributed by atoms with Gasteiger partial charge in [-0.15, -0.1) is 0 Å². The number of carbonyl (C=O) groups is 1. The molecule has 0 spiro atoms. The van der Waals surface area contributed by atoms with Crippen molar-refractivity contribution in [1.29, 1.82) is 0 Å². The molecule has 0 aliphatic rings. The molecule has 0 saturated carbocycles. The summed E-state index contributed by atoms with van der Waals surface area (Å²) in [6.45, 7) is 3.52. The molecule has 0 aromatic carbocycles. The fourth-order valence-corrected chi connectivity index (χ4v) is 1.31. The number of hydrogen-bond donors (Lipinski definition) is 1. The Morgan fingerprint density at radius 3 is 2.62 bits per heavy atom. The molecule has 4 nitrogen and oxygen atoms in total. The lowest BCUT2D eigenvalue weighted by molar-refractivity contribution is 0.0473. The molecule has 1 heterocycles. The monoisotopic (exact) mass is 286 g/mol. The Morgan fingerprint density at radius 1 is 1.56 bits per heavy atom. The third kappa shape index (κ3) is 2.80. The van der Waals surface area contributed by atoms with E-state index in [4.69, 9.17) is 0 Å². The number of halogens is 1. The first-order valence-corrected chi connectivity index (χ1v) is 5.68. The van der Waals surface area contributed by atoms with Crippen LogP contribution in [0.5, 0.6) is 0 Å². The van der Waals surface area contributed by atoms with Gasteiger partial charge in [0.15, 0.2) is 0 Å². The molecule has 1 N–H and O–H groups in total. The molecule has 0 saturated heterocycles. The average molecular weight is 287 g/mol. The van der Waals surface area contributed by atoms with E-state index in [2.05, 4.69) is 20.9 Å². The van der Waals surface area contributed by atoms with Gasteiger partial charge in [0.25, 0.3) is 5.91 Å². The molecule has 0 aliphatic heterocycles. The first-order valence-electron chi connectivity index (χ1n) is 4.89. The van der Waals surface area contributed by atoms with Gasteiger partial charge in [-0.3, -0.25) is 4.79 Å². The molecule has 0 aliphatic carbocycles. The Morgan fingerprint density at radius 2 is 2.19 bits per heavy atom. The molecule has 16 heavy (non-hydrogen) atoms. The number of amides is 1. The van der Waals surface area contributed by atoms with Crippen molar-refractivity contribution in [2.45, 2.75) is 19.4 Å². The molecule has 1 aromatic rings. The zero-order valence-electron chi connectivity index (χ0n) is 9.57. The summed E-state index contributed by atoms with van der Waals surface area (Å²) in [6.07, 6.45) is 1.51. The number of hydrogen-bond acceptors (Lipinski definition) is 3. The van der Waals surface area contributed by atoms with Crippen LogP contribution >= 0.6 is 15.9 Å². The highest BCUT2D eigenvalue weighted by atomic mass is 79.9. The topological polar surface area (TPSA) is 53.4 Å². The van der Waals surface area contributed by atoms with Gasteiger partial charge >= 0.3 is 0 Å². The van der Waals surface area contributed by atoms with Crippen LogP contribution in [-0.4, -0.2) is 40.1 Å². The molecule has 0 radical (unpaired) electrons. The van der Waals surface area contributed by atoms with E-state index in [9.17, 15) is 9.90 Å². The average Bonchev–Trinajstić information content (AvgIpc) is 2.28. The SMILES string of the molecule is CN(C(=O)c1ccc(Br)nc1)C(C)(C)CO. The lowest BCUT2D eigenvalue weighted by Gasteiger charge is -2.33. The van der Waals surface area contributed by atoms with Crippen LogP contribution in [0, 0.1) is 0 Å². The van der Waals surface area contributed by atoms with E-state index in [-0.39, 0.29) is 12.5 Å². The van der Waals surface area contributed by atoms with Crippen LogP contribution in [0.15, 0.2) is 22.9 Å². The Balaban J connectivity index is 2.90. The van der Waals surface area contributed by atoms with Crippen LogP contribution in [0.2, 0.25) is 0 Å². The maximum atomic E-state index is 12.0. The number of carbonyl (C=O) groups excluding carboxylic acids is 1. The molecular weight excluding hydrogens is 272 g/mol. The van der Waals surface area contributed by atoms with E-state index in [0.717, 1.165) is 0 Å². The van der Waals surface area contributed by atoms with Crippen molar-refractivity contribution in [2.75, 3.05) is 13.7 Å². The van der Waals surface area contributed by atoms with Crippen molar-refractivity contribution in [1.82, 2.24) is 9.88 Å². The predicted molar refractivity (Wildman–Crippen MR) is 65.2 cm³/mol. The largest absolute Gasteiger partial charge is 0.394 e. The number of rotatable bonds is 3. The first kappa shape index (κ1) is 13.1. The molecule has 0 unspecified atom stereocenters. The smallest absolute Gasteiger partial charge is 0.255 e. The van der Waals surface area contributed by atoms with E-state index in [0.29, 0.717) is 10.2 Å². The quantitative estimate of drug-likeness (QED) is 0.861. The van der Waals surface area contributed by atoms with E-state index in [1.165, 1.54) is 11.1 Å². The molecular formula is C11H15BrN2O2. The third-order valence-electron chi connectivity index (χ3n) is 2.57. The summed E-state index contributed by atoms with van der Waals surface area (Å²) in [7, 11) is 1.67. The van der Waals surface area contributed by atoms with Gasteiger partial charge in [0.05, 0.1) is 17.7 Å². The standard InChI is InChI=1S/C11H15BrN2O2/c1-11(2,7-15)14(3)10(16)8-4-5-9(12)13-6-8/h4-6,15H,7H2,1-3H3. The summed E-state index contributed by atoms with van der Waals surface area (Å²) in [4.78, 5) is 17.5. The van der Waals surface area contributed by atoms with Crippen LogP contribution in [-0.2, 0) is 0 Å². The van der Waals surface area contributed by atoms with E-state index in [1.54, 1.807) is 33.0 Å². The highest BCUT2D eigenvalue weighted by molar-refractivity contribution is 9.10. The Bertz CT molecular complexity index is 376. The van der Waals surface area contributed by atoms with Gasteiger partial charge in [-0.05, 0) is 41.9 Å². The Hall–Kier alpha value is -0.940. The summed E-state index contributed by atoms with van der Waals surface area (Å²) >= 11 is 3.21. The van der Waals surface area contributed by atoms with Crippen LogP contribution in [0.3, 0.4) is 0 Å². The van der Waals surface area contributed by atoms with Gasteiger partial charge in [0, 0.05) is 13.2 Å². The minimum atomic E-state index is -0.579. The minimum Gasteiger partial charge on any atom is -0.394 e. The van der Waals surface area contributed by atoms with Crippen molar-refractivity contribution in [3.63, 3.8) is 0 Å². The van der Waals surface area contributed by atoms with E-state index >= 15 is 0 Å². The number of aliphatic hydroxyl groups excluding tert-OH is 1. The Labute approximate surface area is 103 Å². The zero-order chi connectivity index (χ0) is 12.3. The van der Waals surface area contributed by atoms with Gasteiger partial charge in [0.1, 0.15) is 4.60 Å². The molecule has 1 rings (SSSR count). The lowest BCUT2D eigenvalue weighted by Crippen LogP contribution is -2.47. The van der Waals surface area contributed by atoms with Crippen LogP contribution in [0.1, 0.15) is 24.2 Å². The number of pyridine rings is 1. The third-order valence-corrected chi connectivity index (χ3v) is 3.04. The fraction of sp³-hybridized carbons (Fsp3) is 0.455. The number of aliphatic hydroxyl groups is 1. The number of aromatic nitrogens is 1. The second-order valence-electron chi connectivity index (χ2n) is 4.20. The molecule has 1 aromatic heterocycles. The molecule has 0 fully saturated rings. The molecule has 0 bridgehead atoms. The zero-order valence-corrected chi connectivity index (χ0v) is 11.2. The normalized spacial score (nSPS) is 11.3. The van der Waals surface area contributed by atoms with Crippen molar-refractivity contribution in [2.24, 2.45) is 0 Å². The lowest BCUT2D eigenvalue weighted by atomic mass is 10.0. The predicted octanol–water partition coefficient (Wildman–Crippen LogP) is 1.69. The van der Waals surface area contributed by atoms with Gasteiger partial charge in [-0.25, -0.2) is 4.98 Å². The van der Waals surface area contributed by atoms with Crippen molar-refractivity contribution < 1.29 is 9.90 Å². The summed E-state index contributed by atoms with van der Waals surface area (Å²) in [6, 6.07) is 3.41. The molecule has 88 valence electrons. The number of likely N-dealkylation sites (N-methyl/N-ethyl adjacent to an activating group) is 1. The summed E-state index contributed by atoms with van der Waals surface area (Å²) in [5.74, 6) is -0.154. The first-order chi connectivity index (χ1) is 7.38. The van der Waals surface area contributed by atoms with E-state index < -0.39 is 5.54 Å². The second kappa shape index (κ2) is 4.93. The highest BCUT2D eigenvalue weighted by Crippen LogP contribution is 2.15. The summed E-state index contributed by atoms with van der Waals surface area (Å²) < 4.78 is 0.688. The molecule has 5 heteroatoms. The molecule has 0 atom stereocenters. The van der Waals surface area contributed by atoms with Crippen LogP contribution < -0.4 is 0 Å². The second-order valence-corrected chi connectivity index (χ2v) is 5.02. The van der Waals surface area contributed by atoms with Gasteiger partial charge < -0.3 is 10.0 Å². The summed E-state index contributed by atoms with van der Waals surface area (Å²) in [5, 5.41) is 9.19. The maximum absolute atomic E-state index is 12.0. The van der Waals surface area contributed by atoms with E-state index in [1.807, 2.05) is 0 Å². The van der Waals surface area contributed by atoms with Crippen molar-refractivity contribution in [3.8, 4) is 0 Å². The highest BCUT2D eigenvalue weighted by Gasteiger charge is 2.27. The molecule has 1 amide bonds. The van der Waals surface area contributed by atoms with Crippen LogP contribution in [0.25, 0.3) is 0 Å². The summed E-state index contributed by atoms with van der Waals surface area (Å²) in [5.41, 5.74) is -0.0725. The van der Waals surface area contributed by atoms with Gasteiger partial charge in [0.2, 0.25) is 0 Å². The Kier molecular flexibility index (Phi) is 4.04. The van der Waals surface area contributed by atoms with Crippen LogP contribution in [0.4, 0.5) is 0 Å². The fourth-order valence-electron chi connectivity index (χ4n) is 1.08. The van der Waals surface area contributed by atoms with Crippen molar-refractivity contribution in [3.05, 3.63) is 28.5 Å². The number of nitrogens with zero attached hydrogens (tertiary/aromatic N) is 2. The maximum Gasteiger partial charge on any atom is 0.255 e. The minimum absolute atomic E-state index is 0.0841. The van der Waals surface area contributed by atoms with Gasteiger partial charge in [-0.2, -0.15) is 0 Å².